The van der Waals surface area contributed by atoms with E-state index in [-0.39, 0.29) is 0 Å². The van der Waals surface area contributed by atoms with Crippen molar-refractivity contribution in [2.45, 2.75) is 0 Å². The van der Waals surface area contributed by atoms with E-state index >= 15 is 0 Å². The van der Waals surface area contributed by atoms with Crippen LogP contribution in [0.3, 0.4) is 0 Å². The van der Waals surface area contributed by atoms with E-state index in [1.165, 1.54) is 0 Å². The molecule has 2 aromatic rings. The lowest BCUT2D eigenvalue weighted by atomic mass is 10.3. The molecule has 82 valence electrons. The quantitative estimate of drug-likeness (QED) is 0.705. The number of halogens is 3. The molecule has 0 N–H and O–H groups in total. The molecule has 0 aliphatic rings. The lowest BCUT2D eigenvalue weighted by Crippen LogP contribution is -1.84. The predicted octanol–water partition coefficient (Wildman–Crippen LogP) is 5.55. The molecule has 0 spiro atoms. The molecule has 0 radical (unpaired) electrons. The summed E-state index contributed by atoms with van der Waals surface area (Å²) >= 11 is 15.1. The third kappa shape index (κ3) is 2.91. The summed E-state index contributed by atoms with van der Waals surface area (Å²) < 4.78 is 6.53. The van der Waals surface area contributed by atoms with Gasteiger partial charge >= 0.3 is 0 Å². The lowest BCUT2D eigenvalue weighted by molar-refractivity contribution is 0.483. The van der Waals surface area contributed by atoms with E-state index in [4.69, 9.17) is 27.9 Å². The second-order valence-electron chi connectivity index (χ2n) is 3.13. The van der Waals surface area contributed by atoms with Gasteiger partial charge in [-0.25, -0.2) is 0 Å². The largest absolute Gasteiger partial charge is 0.456 e. The van der Waals surface area contributed by atoms with Crippen molar-refractivity contribution in [2.75, 3.05) is 0 Å². The van der Waals surface area contributed by atoms with Crippen LogP contribution in [-0.4, -0.2) is 0 Å². The van der Waals surface area contributed by atoms with Gasteiger partial charge in [0.25, 0.3) is 0 Å². The first-order valence-electron chi connectivity index (χ1n) is 4.53. The molecule has 0 saturated carbocycles. The molecule has 0 saturated heterocycles. The van der Waals surface area contributed by atoms with Gasteiger partial charge in [-0.2, -0.15) is 0 Å². The summed E-state index contributed by atoms with van der Waals surface area (Å²) in [6, 6.07) is 12.6. The monoisotopic (exact) mass is 316 g/mol. The Kier molecular flexibility index (Phi) is 3.74. The number of hydrogen-bond acceptors (Lipinski definition) is 1. The number of rotatable bonds is 2. The molecule has 4 heteroatoms. The lowest BCUT2D eigenvalue weighted by Gasteiger charge is -2.07. The fraction of sp³-hybridized carbons (Fsp3) is 0. The topological polar surface area (TPSA) is 9.23 Å². The van der Waals surface area contributed by atoms with Gasteiger partial charge in [-0.15, -0.1) is 0 Å². The van der Waals surface area contributed by atoms with E-state index in [1.807, 2.05) is 6.07 Å². The van der Waals surface area contributed by atoms with Crippen LogP contribution in [0.1, 0.15) is 0 Å². The van der Waals surface area contributed by atoms with Crippen molar-refractivity contribution in [3.63, 3.8) is 0 Å². The second-order valence-corrected chi connectivity index (χ2v) is 4.89. The standard InChI is InChI=1S/C12H7BrCl2O/c13-8-1-6-12(11(15)7-8)16-10-4-2-9(14)3-5-10/h1-7H. The summed E-state index contributed by atoms with van der Waals surface area (Å²) in [4.78, 5) is 0. The zero-order chi connectivity index (χ0) is 11.5. The zero-order valence-electron chi connectivity index (χ0n) is 8.08. The van der Waals surface area contributed by atoms with Crippen molar-refractivity contribution >= 4 is 39.1 Å². The van der Waals surface area contributed by atoms with Gasteiger partial charge in [0.05, 0.1) is 5.02 Å². The first-order valence-corrected chi connectivity index (χ1v) is 6.08. The first kappa shape index (κ1) is 11.8. The molecule has 0 fully saturated rings. The highest BCUT2D eigenvalue weighted by Crippen LogP contribution is 2.31. The van der Waals surface area contributed by atoms with Crippen molar-refractivity contribution in [2.24, 2.45) is 0 Å². The maximum atomic E-state index is 6.03. The van der Waals surface area contributed by atoms with Crippen LogP contribution in [0.25, 0.3) is 0 Å². The van der Waals surface area contributed by atoms with Crippen molar-refractivity contribution in [1.29, 1.82) is 0 Å². The van der Waals surface area contributed by atoms with E-state index in [1.54, 1.807) is 36.4 Å². The second kappa shape index (κ2) is 5.09. The Morgan fingerprint density at radius 1 is 0.938 bits per heavy atom. The Morgan fingerprint density at radius 3 is 2.25 bits per heavy atom. The normalized spacial score (nSPS) is 10.2. The van der Waals surface area contributed by atoms with Crippen LogP contribution in [0.4, 0.5) is 0 Å². The molecule has 0 aliphatic heterocycles. The van der Waals surface area contributed by atoms with Gasteiger partial charge in [0.2, 0.25) is 0 Å². The molecule has 0 aliphatic carbocycles. The molecule has 1 nitrogen and oxygen atoms in total. The van der Waals surface area contributed by atoms with Crippen molar-refractivity contribution in [3.8, 4) is 11.5 Å². The summed E-state index contributed by atoms with van der Waals surface area (Å²) in [6.45, 7) is 0. The van der Waals surface area contributed by atoms with E-state index in [0.29, 0.717) is 21.5 Å². The van der Waals surface area contributed by atoms with Crippen molar-refractivity contribution in [3.05, 3.63) is 57.0 Å². The van der Waals surface area contributed by atoms with Gasteiger partial charge in [0, 0.05) is 9.50 Å². The molecular weight excluding hydrogens is 311 g/mol. The van der Waals surface area contributed by atoms with Crippen LogP contribution in [0, 0.1) is 0 Å². The summed E-state index contributed by atoms with van der Waals surface area (Å²) in [5.74, 6) is 1.32. The molecule has 16 heavy (non-hydrogen) atoms. The Hall–Kier alpha value is -0.700. The van der Waals surface area contributed by atoms with Gasteiger partial charge < -0.3 is 4.74 Å². The number of ether oxygens (including phenoxy) is 1. The third-order valence-corrected chi connectivity index (χ3v) is 2.98. The van der Waals surface area contributed by atoms with Crippen LogP contribution in [0.5, 0.6) is 11.5 Å². The first-order chi connectivity index (χ1) is 7.65. The zero-order valence-corrected chi connectivity index (χ0v) is 11.2. The van der Waals surface area contributed by atoms with Crippen LogP contribution < -0.4 is 4.74 Å². The molecule has 0 unspecified atom stereocenters. The van der Waals surface area contributed by atoms with Gasteiger partial charge in [-0.3, -0.25) is 0 Å². The molecule has 2 rings (SSSR count). The van der Waals surface area contributed by atoms with E-state index in [0.717, 1.165) is 4.47 Å². The molecule has 0 atom stereocenters. The SMILES string of the molecule is Clc1ccc(Oc2ccc(Br)cc2Cl)cc1. The summed E-state index contributed by atoms with van der Waals surface area (Å²) in [6.07, 6.45) is 0. The summed E-state index contributed by atoms with van der Waals surface area (Å²) in [7, 11) is 0. The highest BCUT2D eigenvalue weighted by molar-refractivity contribution is 9.10. The summed E-state index contributed by atoms with van der Waals surface area (Å²) in [5.41, 5.74) is 0. The van der Waals surface area contributed by atoms with Crippen LogP contribution in [0.15, 0.2) is 46.9 Å². The van der Waals surface area contributed by atoms with Crippen molar-refractivity contribution < 1.29 is 4.74 Å². The Balaban J connectivity index is 2.23. The van der Waals surface area contributed by atoms with E-state index in [9.17, 15) is 0 Å². The molecule has 0 bridgehead atoms. The van der Waals surface area contributed by atoms with Gasteiger partial charge in [0.1, 0.15) is 11.5 Å². The molecule has 0 heterocycles. The number of hydrogen-bond donors (Lipinski definition) is 0. The molecule has 0 amide bonds. The molecule has 2 aromatic carbocycles. The number of benzene rings is 2. The fourth-order valence-corrected chi connectivity index (χ4v) is 2.03. The van der Waals surface area contributed by atoms with Gasteiger partial charge in [-0.1, -0.05) is 39.1 Å². The Morgan fingerprint density at radius 2 is 1.62 bits per heavy atom. The fourth-order valence-electron chi connectivity index (χ4n) is 1.19. The highest BCUT2D eigenvalue weighted by atomic mass is 79.9. The molecular formula is C12H7BrCl2O. The van der Waals surface area contributed by atoms with Crippen molar-refractivity contribution in [1.82, 2.24) is 0 Å². The smallest absolute Gasteiger partial charge is 0.146 e. The van der Waals surface area contributed by atoms with Crippen LogP contribution in [0.2, 0.25) is 10.0 Å². The van der Waals surface area contributed by atoms with E-state index in [2.05, 4.69) is 15.9 Å². The third-order valence-electron chi connectivity index (χ3n) is 1.94. The highest BCUT2D eigenvalue weighted by Gasteiger charge is 2.03. The summed E-state index contributed by atoms with van der Waals surface area (Å²) in [5, 5.41) is 1.23. The maximum absolute atomic E-state index is 6.03. The Bertz CT molecular complexity index is 497. The van der Waals surface area contributed by atoms with Crippen LogP contribution in [-0.2, 0) is 0 Å². The maximum Gasteiger partial charge on any atom is 0.146 e. The minimum atomic E-state index is 0.560. The average Bonchev–Trinajstić information content (AvgIpc) is 2.25. The van der Waals surface area contributed by atoms with Gasteiger partial charge in [0.15, 0.2) is 0 Å². The van der Waals surface area contributed by atoms with Gasteiger partial charge in [-0.05, 0) is 42.5 Å². The Labute approximate surface area is 112 Å². The molecule has 0 aromatic heterocycles. The van der Waals surface area contributed by atoms with Crippen LogP contribution >= 0.6 is 39.1 Å². The van der Waals surface area contributed by atoms with E-state index < -0.39 is 0 Å². The minimum Gasteiger partial charge on any atom is -0.456 e. The predicted molar refractivity (Wildman–Crippen MR) is 70.7 cm³/mol. The minimum absolute atomic E-state index is 0.560. The average molecular weight is 318 g/mol.